The van der Waals surface area contributed by atoms with Crippen LogP contribution in [0.2, 0.25) is 2.82 Å². The third kappa shape index (κ3) is 6.73. The summed E-state index contributed by atoms with van der Waals surface area (Å²) in [5.74, 6) is -1.16. The van der Waals surface area contributed by atoms with E-state index in [2.05, 4.69) is 38.1 Å². The Morgan fingerprint density at radius 2 is 2.10 bits per heavy atom. The van der Waals surface area contributed by atoms with Crippen molar-refractivity contribution >= 4 is 29.3 Å². The van der Waals surface area contributed by atoms with E-state index in [1.165, 1.54) is 0 Å². The summed E-state index contributed by atoms with van der Waals surface area (Å²) >= 11 is 0. The van der Waals surface area contributed by atoms with Crippen LogP contribution in [0, 0.1) is 0 Å². The predicted octanol–water partition coefficient (Wildman–Crippen LogP) is -2.21. The second-order valence-corrected chi connectivity index (χ2v) is 8.68. The quantitative estimate of drug-likeness (QED) is 0.112. The van der Waals surface area contributed by atoms with Crippen LogP contribution in [0.25, 0.3) is 0 Å². The summed E-state index contributed by atoms with van der Waals surface area (Å²) in [6, 6.07) is -1.34. The summed E-state index contributed by atoms with van der Waals surface area (Å²) in [6.07, 6.45) is -18.9. The number of phosphoric acid groups is 3. The molecule has 0 radical (unpaired) electrons. The minimum Gasteiger partial charge on any atom is -0.387 e. The van der Waals surface area contributed by atoms with Crippen molar-refractivity contribution in [2.24, 2.45) is 0 Å². The molecule has 0 aliphatic carbocycles. The van der Waals surface area contributed by atoms with Crippen molar-refractivity contribution in [2.45, 2.75) is 24.4 Å². The molecule has 1 aliphatic rings. The summed E-state index contributed by atoms with van der Waals surface area (Å²) in [5.41, 5.74) is -2.43. The van der Waals surface area contributed by atoms with Gasteiger partial charge in [0.15, 0.2) is 9.03 Å². The molecule has 0 bridgehead atoms. The first-order chi connectivity index (χ1) is 19.2. The molecular formula is C9H16N3O14P3. The molecule has 1 aromatic heterocycles. The molecule has 0 saturated carbocycles. The lowest BCUT2D eigenvalue weighted by atomic mass is 10.1. The number of hydrogen-bond acceptors (Lipinski definition) is 14. The molecule has 0 spiro atoms. The summed E-state index contributed by atoms with van der Waals surface area (Å²) in [6.45, 7) is -4.63. The largest absolute Gasteiger partial charge is 0.490 e. The number of nitrogens with zero attached hydrogens (tertiary/aromatic N) is 2. The molecule has 1 fully saturated rings. The van der Waals surface area contributed by atoms with E-state index in [1.54, 1.807) is 0 Å². The highest BCUT2D eigenvalue weighted by molar-refractivity contribution is 7.66. The third-order valence-corrected chi connectivity index (χ3v) is 5.93. The van der Waals surface area contributed by atoms with Gasteiger partial charge < -0.3 is 40.3 Å². The van der Waals surface area contributed by atoms with Gasteiger partial charge in [-0.3, -0.25) is 9.09 Å². The van der Waals surface area contributed by atoms with E-state index >= 15 is 0 Å². The van der Waals surface area contributed by atoms with Gasteiger partial charge in [0.25, 0.3) is 0 Å². The average molecular weight is 500 g/mol. The number of hydrogen-bond donors (Lipinski definition) is 7. The highest BCUT2D eigenvalue weighted by atomic mass is 31.3. The van der Waals surface area contributed by atoms with Gasteiger partial charge in [-0.25, -0.2) is 18.5 Å². The van der Waals surface area contributed by atoms with E-state index in [9.17, 15) is 23.4 Å². The van der Waals surface area contributed by atoms with Crippen LogP contribution >= 0.6 is 23.5 Å². The van der Waals surface area contributed by atoms with Crippen molar-refractivity contribution in [2.75, 3.05) is 12.3 Å². The fourth-order valence-electron chi connectivity index (χ4n) is 1.45. The molecule has 0 amide bonds. The van der Waals surface area contributed by atoms with Gasteiger partial charge in [0.2, 0.25) is 5.72 Å². The number of anilines is 1. The molecule has 29 heavy (non-hydrogen) atoms. The maximum absolute atomic E-state index is 12.7. The maximum atomic E-state index is 12.7. The number of nitrogens with two attached hydrogens (primary N) is 1. The van der Waals surface area contributed by atoms with Crippen LogP contribution < -0.4 is 11.4 Å². The van der Waals surface area contributed by atoms with Crippen molar-refractivity contribution in [1.82, 2.24) is 9.55 Å². The molecular weight excluding hydrogens is 470 g/mol. The molecule has 17 nitrogen and oxygen atoms in total. The van der Waals surface area contributed by atoms with Crippen molar-refractivity contribution < 1.29 is 75.2 Å². The minimum atomic E-state index is -6.41. The number of phosphoric ester groups is 1. The van der Waals surface area contributed by atoms with Gasteiger partial charge in [-0.1, -0.05) is 0 Å². The first-order valence-corrected chi connectivity index (χ1v) is 10.7. The molecule has 0 aromatic carbocycles. The van der Waals surface area contributed by atoms with Gasteiger partial charge in [-0.05, 0) is 6.04 Å². The van der Waals surface area contributed by atoms with Crippen LogP contribution in [0.3, 0.4) is 0 Å². The maximum Gasteiger partial charge on any atom is 0.490 e. The lowest BCUT2D eigenvalue weighted by molar-refractivity contribution is -0.0541. The first-order valence-electron chi connectivity index (χ1n) is 12.8. The van der Waals surface area contributed by atoms with Gasteiger partial charge in [-0.15, -0.1) is 0 Å². The summed E-state index contributed by atoms with van der Waals surface area (Å²) in [7, 11) is -18.5. The molecule has 166 valence electrons. The lowest BCUT2D eigenvalue weighted by Gasteiger charge is -2.19. The van der Waals surface area contributed by atoms with E-state index in [0.717, 1.165) is 0 Å². The molecule has 20 heteroatoms. The van der Waals surface area contributed by atoms with Crippen molar-refractivity contribution in [1.29, 1.82) is 5.72 Å². The van der Waals surface area contributed by atoms with Crippen LogP contribution in [0.5, 0.6) is 0 Å². The Bertz CT molecular complexity index is 1460. The second kappa shape index (κ2) is 8.61. The highest BCUT2D eigenvalue weighted by Gasteiger charge is 2.46. The van der Waals surface area contributed by atoms with E-state index in [0.29, 0.717) is 0 Å². The van der Waals surface area contributed by atoms with Crippen molar-refractivity contribution in [3.63, 3.8) is 0 Å². The van der Waals surface area contributed by atoms with Crippen LogP contribution in [-0.2, 0) is 31.6 Å². The summed E-state index contributed by atoms with van der Waals surface area (Å²) in [5, 5.41) is 7.84. The van der Waals surface area contributed by atoms with E-state index in [-0.39, 0.29) is 0 Å². The molecule has 1 aromatic rings. The van der Waals surface area contributed by atoms with Gasteiger partial charge in [0, 0.05) is 6.17 Å². The smallest absolute Gasteiger partial charge is 0.387 e. The Hall–Kier alpha value is -1.03. The predicted molar refractivity (Wildman–Crippen MR) is 88.6 cm³/mol. The molecule has 1 saturated heterocycles. The summed E-state index contributed by atoms with van der Waals surface area (Å²) in [4.78, 5) is 40.7. The SMILES string of the molecule is [2H]OC1([2H])[C@@]([2H])(C([2H])([2H])OP(=O)(O[2H])OP(=O)(O)OP(=O)(O)O[2H])O[C@@]([2H])([15n]2c([2H])c([2H])c([15N]([2H])[2H])[15n]c2=O)[C@]1([2H])O[2H]. The molecule has 7 atom stereocenters. The Morgan fingerprint density at radius 1 is 1.34 bits per heavy atom. The van der Waals surface area contributed by atoms with E-state index in [1.807, 2.05) is 0 Å². The zero-order valence-electron chi connectivity index (χ0n) is 27.0. The summed E-state index contributed by atoms with van der Waals surface area (Å²) < 4.78 is 159. The Balaban J connectivity index is 2.80. The van der Waals surface area contributed by atoms with Crippen LogP contribution in [-0.4, -0.2) is 69.9 Å². The van der Waals surface area contributed by atoms with Crippen LogP contribution in [0.4, 0.5) is 5.82 Å². The van der Waals surface area contributed by atoms with Gasteiger partial charge >= 0.3 is 29.2 Å². The zero-order chi connectivity index (χ0) is 33.8. The normalized spacial score (nSPS) is 48.2. The Kier molecular flexibility index (Phi) is 3.27. The number of nitrogen functional groups attached to an aromatic ring is 1. The van der Waals surface area contributed by atoms with Crippen LogP contribution in [0.15, 0.2) is 17.0 Å². The standard InChI is InChI=1S/C9H16N3O14P3/c10-5-1-2-12(9(15)11-5)8-7(14)6(13)4(24-8)3-23-28(19,20)26-29(21,22)25-27(16,17)18/h1-2,4,6-8,13-14H,3H2,(H,19,20)(H,21,22)(H2,10,11,15)(H2,16,17,18)/t4-,6?,7-,8-/m1/s1/i1D,2D,3D2,4D,6D,7D,8D,10+1,11+1,12+1,13D,14D/hD4. The second-order valence-electron chi connectivity index (χ2n) is 4.43. The Labute approximate surface area is 180 Å². The number of ether oxygens (including phenoxy) is 1. The van der Waals surface area contributed by atoms with Gasteiger partial charge in [0.1, 0.15) is 24.1 Å². The minimum absolute atomic E-state index is 0.441. The van der Waals surface area contributed by atoms with Gasteiger partial charge in [-0.2, -0.15) is 13.6 Å². The van der Waals surface area contributed by atoms with Crippen molar-refractivity contribution in [3.05, 3.63) is 22.7 Å². The number of rotatable bonds is 13. The molecule has 4 unspecified atom stereocenters. The average Bonchev–Trinajstić information content (AvgIpc) is 3.01. The first kappa shape index (κ1) is 11.0. The highest BCUT2D eigenvalue weighted by Crippen LogP contribution is 2.66. The molecule has 8 N–H and O–H groups in total. The third-order valence-electron chi connectivity index (χ3n) is 2.34. The molecule has 2 rings (SSSR count). The molecule has 1 aliphatic heterocycles. The van der Waals surface area contributed by atoms with Gasteiger partial charge in [0.05, 0.1) is 17.5 Å². The van der Waals surface area contributed by atoms with Crippen molar-refractivity contribution in [3.8, 4) is 0 Å². The number of aliphatic hydroxyl groups is 2. The topological polar surface area (TPSA) is 270 Å². The fourth-order valence-corrected chi connectivity index (χ4v) is 4.22. The lowest BCUT2D eigenvalue weighted by Crippen LogP contribution is -2.36. The van der Waals surface area contributed by atoms with Crippen LogP contribution in [0.1, 0.15) is 17.2 Å². The van der Waals surface area contributed by atoms with E-state index < -0.39 is 88.5 Å². The monoisotopic (exact) mass is 500 g/mol. The number of aromatic nitrogens is 2. The zero-order valence-corrected chi connectivity index (χ0v) is 15.7. The fraction of sp³-hybridized carbons (Fsp3) is 0.556. The molecule has 2 heterocycles. The Morgan fingerprint density at radius 3 is 2.72 bits per heavy atom. The van der Waals surface area contributed by atoms with E-state index in [4.69, 9.17) is 29.1 Å².